The first-order valence-electron chi connectivity index (χ1n) is 3.20. The van der Waals surface area contributed by atoms with Crippen LogP contribution < -0.4 is 0 Å². The molecule has 4 nitrogen and oxygen atoms in total. The van der Waals surface area contributed by atoms with E-state index in [1.54, 1.807) is 0 Å². The summed E-state index contributed by atoms with van der Waals surface area (Å²) in [5, 5.41) is 4.07. The Bertz CT molecular complexity index is 220. The van der Waals surface area contributed by atoms with Gasteiger partial charge in [-0.05, 0) is 0 Å². The first kappa shape index (κ1) is 5.85. The molecule has 1 aliphatic rings. The number of nitrogens with zero attached hydrogens (tertiary/aromatic N) is 3. The van der Waals surface area contributed by atoms with Crippen LogP contribution in [0.1, 0.15) is 11.6 Å². The molecule has 1 radical (unpaired) electrons. The number of hydrogen-bond acceptors (Lipinski definition) is 3. The summed E-state index contributed by atoms with van der Waals surface area (Å²) in [6.45, 7) is 5.73. The summed E-state index contributed by atoms with van der Waals surface area (Å²) >= 11 is 0. The topological polar surface area (TPSA) is 39.9 Å². The van der Waals surface area contributed by atoms with Crippen LogP contribution in [0.2, 0.25) is 0 Å². The first-order valence-corrected chi connectivity index (χ1v) is 3.20. The lowest BCUT2D eigenvalue weighted by atomic mass is 10.5. The van der Waals surface area contributed by atoms with Gasteiger partial charge >= 0.3 is 0 Å². The Kier molecular flexibility index (Phi) is 1.20. The van der Waals surface area contributed by atoms with Gasteiger partial charge in [0.1, 0.15) is 6.61 Å². The molecule has 53 valence electrons. The Labute approximate surface area is 58.8 Å². The van der Waals surface area contributed by atoms with Gasteiger partial charge in [-0.25, -0.2) is 9.67 Å². The average molecular weight is 138 g/mol. The van der Waals surface area contributed by atoms with E-state index in [0.717, 1.165) is 19.0 Å². The van der Waals surface area contributed by atoms with E-state index < -0.39 is 0 Å². The molecule has 2 heterocycles. The predicted molar refractivity (Wildman–Crippen MR) is 34.1 cm³/mol. The molecule has 0 unspecified atom stereocenters. The summed E-state index contributed by atoms with van der Waals surface area (Å²) in [6.07, 6.45) is 0. The molecule has 1 aromatic heterocycles. The van der Waals surface area contributed by atoms with Gasteiger partial charge in [0.2, 0.25) is 0 Å². The van der Waals surface area contributed by atoms with Gasteiger partial charge in [0, 0.05) is 6.92 Å². The quantitative estimate of drug-likeness (QED) is 0.506. The number of rotatable bonds is 0. The fourth-order valence-electron chi connectivity index (χ4n) is 1.03. The van der Waals surface area contributed by atoms with Crippen molar-refractivity contribution in [2.75, 3.05) is 6.61 Å². The molecule has 0 atom stereocenters. The third-order valence-electron chi connectivity index (χ3n) is 1.47. The third kappa shape index (κ3) is 0.806. The van der Waals surface area contributed by atoms with Crippen LogP contribution in [-0.4, -0.2) is 21.4 Å². The van der Waals surface area contributed by atoms with Crippen molar-refractivity contribution in [3.8, 4) is 0 Å². The van der Waals surface area contributed by atoms with Gasteiger partial charge in [0.15, 0.2) is 11.6 Å². The minimum absolute atomic E-state index is 0.572. The van der Waals surface area contributed by atoms with Crippen molar-refractivity contribution in [3.63, 3.8) is 0 Å². The summed E-state index contributed by atoms with van der Waals surface area (Å²) in [5.74, 6) is 1.47. The van der Waals surface area contributed by atoms with Crippen molar-refractivity contribution in [3.05, 3.63) is 18.6 Å². The van der Waals surface area contributed by atoms with Crippen molar-refractivity contribution >= 4 is 0 Å². The lowest BCUT2D eigenvalue weighted by Gasteiger charge is -2.11. The molecule has 0 aromatic carbocycles. The number of ether oxygens (including phenoxy) is 1. The molecule has 4 heteroatoms. The zero-order valence-electron chi connectivity index (χ0n) is 5.58. The third-order valence-corrected chi connectivity index (χ3v) is 1.47. The Morgan fingerprint density at radius 2 is 2.50 bits per heavy atom. The average Bonchev–Trinajstić information content (AvgIpc) is 2.27. The van der Waals surface area contributed by atoms with Gasteiger partial charge in [0.05, 0.1) is 13.2 Å². The highest BCUT2D eigenvalue weighted by Gasteiger charge is 2.11. The second-order valence-corrected chi connectivity index (χ2v) is 2.22. The van der Waals surface area contributed by atoms with Crippen LogP contribution in [0.3, 0.4) is 0 Å². The van der Waals surface area contributed by atoms with Crippen molar-refractivity contribution in [1.29, 1.82) is 0 Å². The van der Waals surface area contributed by atoms with Crippen LogP contribution >= 0.6 is 0 Å². The fraction of sp³-hybridized carbons (Fsp3) is 0.500. The second kappa shape index (κ2) is 2.05. The molecular weight excluding hydrogens is 130 g/mol. The monoisotopic (exact) mass is 138 g/mol. The molecule has 0 saturated carbocycles. The lowest BCUT2D eigenvalue weighted by molar-refractivity contribution is 0.0769. The number of aromatic nitrogens is 3. The van der Waals surface area contributed by atoms with Gasteiger partial charge in [-0.2, -0.15) is 5.10 Å². The minimum Gasteiger partial charge on any atom is -0.372 e. The van der Waals surface area contributed by atoms with E-state index in [4.69, 9.17) is 4.74 Å². The van der Waals surface area contributed by atoms with Gasteiger partial charge in [-0.1, -0.05) is 0 Å². The van der Waals surface area contributed by atoms with E-state index in [9.17, 15) is 0 Å². The maximum absolute atomic E-state index is 5.16. The van der Waals surface area contributed by atoms with E-state index in [1.807, 2.05) is 4.68 Å². The van der Waals surface area contributed by atoms with Crippen LogP contribution in [0.15, 0.2) is 0 Å². The summed E-state index contributed by atoms with van der Waals surface area (Å²) < 4.78 is 7.00. The summed E-state index contributed by atoms with van der Waals surface area (Å²) in [5.41, 5.74) is 0. The maximum atomic E-state index is 5.16. The molecule has 2 rings (SSSR count). The van der Waals surface area contributed by atoms with Crippen molar-refractivity contribution in [1.82, 2.24) is 14.8 Å². The van der Waals surface area contributed by atoms with Crippen LogP contribution in [-0.2, 0) is 17.9 Å². The van der Waals surface area contributed by atoms with E-state index in [0.29, 0.717) is 12.4 Å². The molecule has 0 N–H and O–H groups in total. The van der Waals surface area contributed by atoms with Crippen LogP contribution in [0.4, 0.5) is 0 Å². The summed E-state index contributed by atoms with van der Waals surface area (Å²) in [4.78, 5) is 4.07. The van der Waals surface area contributed by atoms with E-state index >= 15 is 0 Å². The zero-order valence-corrected chi connectivity index (χ0v) is 5.58. The van der Waals surface area contributed by atoms with Gasteiger partial charge in [0.25, 0.3) is 0 Å². The van der Waals surface area contributed by atoms with Gasteiger partial charge in [-0.15, -0.1) is 0 Å². The molecule has 0 amide bonds. The molecule has 0 fully saturated rings. The number of fused-ring (bicyclic) bond motifs is 1. The molecule has 1 aromatic rings. The second-order valence-electron chi connectivity index (χ2n) is 2.22. The highest BCUT2D eigenvalue weighted by molar-refractivity contribution is 4.95. The standard InChI is InChI=1S/C6H8N3O/c1-5-7-6-4-10-3-2-9(6)8-5/h1-4H2. The van der Waals surface area contributed by atoms with E-state index in [2.05, 4.69) is 17.0 Å². The van der Waals surface area contributed by atoms with Crippen LogP contribution in [0, 0.1) is 6.92 Å². The Morgan fingerprint density at radius 3 is 3.30 bits per heavy atom. The molecule has 1 aliphatic heterocycles. The fourth-order valence-corrected chi connectivity index (χ4v) is 1.03. The number of hydrogen-bond donors (Lipinski definition) is 0. The Hall–Kier alpha value is -0.900. The Balaban J connectivity index is 2.41. The molecule has 10 heavy (non-hydrogen) atoms. The predicted octanol–water partition coefficient (Wildman–Crippen LogP) is -0.00951. The van der Waals surface area contributed by atoms with Crippen LogP contribution in [0.5, 0.6) is 0 Å². The normalized spacial score (nSPS) is 16.9. The first-order chi connectivity index (χ1) is 4.86. The highest BCUT2D eigenvalue weighted by atomic mass is 16.5. The summed E-state index contributed by atoms with van der Waals surface area (Å²) in [6, 6.07) is 0. The van der Waals surface area contributed by atoms with E-state index in [1.165, 1.54) is 0 Å². The largest absolute Gasteiger partial charge is 0.372 e. The smallest absolute Gasteiger partial charge is 0.153 e. The SMILES string of the molecule is [CH2]c1nc2n(n1)CCOC2. The Morgan fingerprint density at radius 1 is 1.60 bits per heavy atom. The maximum Gasteiger partial charge on any atom is 0.153 e. The zero-order chi connectivity index (χ0) is 6.97. The molecule has 0 spiro atoms. The van der Waals surface area contributed by atoms with Crippen molar-refractivity contribution < 1.29 is 4.74 Å². The van der Waals surface area contributed by atoms with Gasteiger partial charge in [-0.3, -0.25) is 0 Å². The van der Waals surface area contributed by atoms with E-state index in [-0.39, 0.29) is 0 Å². The van der Waals surface area contributed by atoms with Crippen molar-refractivity contribution in [2.24, 2.45) is 0 Å². The van der Waals surface area contributed by atoms with Gasteiger partial charge < -0.3 is 4.74 Å². The summed E-state index contributed by atoms with van der Waals surface area (Å²) in [7, 11) is 0. The molecule has 0 saturated heterocycles. The molecular formula is C6H8N3O. The van der Waals surface area contributed by atoms with Crippen LogP contribution in [0.25, 0.3) is 0 Å². The van der Waals surface area contributed by atoms with Crippen molar-refractivity contribution in [2.45, 2.75) is 13.2 Å². The molecule has 0 bridgehead atoms. The lowest BCUT2D eigenvalue weighted by Crippen LogP contribution is -2.17. The highest BCUT2D eigenvalue weighted by Crippen LogP contribution is 2.04. The molecule has 0 aliphatic carbocycles. The minimum atomic E-state index is 0.572.